The maximum Gasteiger partial charge on any atom is 0.225 e. The number of nitrogens with zero attached hydrogens (tertiary/aromatic N) is 1. The topological polar surface area (TPSA) is 58.4 Å². The summed E-state index contributed by atoms with van der Waals surface area (Å²) in [4.78, 5) is 14.4. The number of rotatable bonds is 4. The maximum absolute atomic E-state index is 12.0. The van der Waals surface area contributed by atoms with Gasteiger partial charge in [-0.3, -0.25) is 9.69 Å². The number of hydrogen-bond acceptors (Lipinski definition) is 3. The Morgan fingerprint density at radius 2 is 2.05 bits per heavy atom. The van der Waals surface area contributed by atoms with Crippen LogP contribution in [0.1, 0.15) is 39.5 Å². The van der Waals surface area contributed by atoms with Crippen LogP contribution in [0.3, 0.4) is 0 Å². The first-order valence-corrected chi connectivity index (χ1v) is 7.47. The monoisotopic (exact) mass is 275 g/mol. The Bertz CT molecular complexity index is 451. The van der Waals surface area contributed by atoms with Crippen molar-refractivity contribution < 1.29 is 4.79 Å². The molecule has 0 saturated carbocycles. The van der Waals surface area contributed by atoms with Crippen LogP contribution >= 0.6 is 0 Å². The Kier molecular flexibility index (Phi) is 5.01. The predicted molar refractivity (Wildman–Crippen MR) is 83.6 cm³/mol. The van der Waals surface area contributed by atoms with Crippen molar-refractivity contribution in [2.24, 2.45) is 0 Å². The number of piperidine rings is 1. The van der Waals surface area contributed by atoms with E-state index >= 15 is 0 Å². The maximum atomic E-state index is 12.0. The lowest BCUT2D eigenvalue weighted by Crippen LogP contribution is -2.44. The van der Waals surface area contributed by atoms with E-state index < -0.39 is 0 Å². The van der Waals surface area contributed by atoms with Gasteiger partial charge in [-0.1, -0.05) is 12.5 Å². The van der Waals surface area contributed by atoms with E-state index in [0.29, 0.717) is 24.2 Å². The molecule has 1 fully saturated rings. The molecule has 2 rings (SSSR count). The molecule has 3 N–H and O–H groups in total. The Morgan fingerprint density at radius 3 is 2.70 bits per heavy atom. The average Bonchev–Trinajstić information content (AvgIpc) is 2.38. The minimum atomic E-state index is 0.0561. The summed E-state index contributed by atoms with van der Waals surface area (Å²) in [6.45, 7) is 5.34. The van der Waals surface area contributed by atoms with Crippen molar-refractivity contribution in [3.05, 3.63) is 24.3 Å². The van der Waals surface area contributed by atoms with E-state index in [4.69, 9.17) is 5.73 Å². The van der Waals surface area contributed by atoms with Crippen molar-refractivity contribution in [3.8, 4) is 0 Å². The molecule has 1 aromatic carbocycles. The molecule has 4 nitrogen and oxygen atoms in total. The third kappa shape index (κ3) is 3.97. The largest absolute Gasteiger partial charge is 0.399 e. The number of nitrogen functional groups attached to an aromatic ring is 1. The molecule has 0 unspecified atom stereocenters. The molecule has 110 valence electrons. The number of carbonyl (C=O) groups excluding carboxylic acids is 1. The summed E-state index contributed by atoms with van der Waals surface area (Å²) in [5, 5.41) is 2.91. The number of hydrogen-bond donors (Lipinski definition) is 2. The highest BCUT2D eigenvalue weighted by Crippen LogP contribution is 2.22. The Labute approximate surface area is 121 Å². The van der Waals surface area contributed by atoms with Gasteiger partial charge in [-0.2, -0.15) is 0 Å². The first-order chi connectivity index (χ1) is 9.56. The van der Waals surface area contributed by atoms with Crippen LogP contribution in [0.2, 0.25) is 0 Å². The van der Waals surface area contributed by atoms with E-state index in [1.165, 1.54) is 19.3 Å². The average molecular weight is 275 g/mol. The summed E-state index contributed by atoms with van der Waals surface area (Å²) in [5.74, 6) is 0.0561. The number of benzene rings is 1. The highest BCUT2D eigenvalue weighted by molar-refractivity contribution is 5.91. The fraction of sp³-hybridized carbons (Fsp3) is 0.562. The van der Waals surface area contributed by atoms with Gasteiger partial charge in [-0.15, -0.1) is 0 Å². The van der Waals surface area contributed by atoms with E-state index in [2.05, 4.69) is 24.1 Å². The van der Waals surface area contributed by atoms with Gasteiger partial charge in [0.05, 0.1) is 0 Å². The zero-order valence-electron chi connectivity index (χ0n) is 12.4. The lowest BCUT2D eigenvalue weighted by atomic mass is 9.97. The van der Waals surface area contributed by atoms with Crippen LogP contribution in [-0.4, -0.2) is 29.4 Å². The molecular weight excluding hydrogens is 250 g/mol. The third-order valence-corrected chi connectivity index (χ3v) is 4.14. The Morgan fingerprint density at radius 1 is 1.35 bits per heavy atom. The molecule has 0 aromatic heterocycles. The van der Waals surface area contributed by atoms with E-state index in [1.807, 2.05) is 18.2 Å². The predicted octanol–water partition coefficient (Wildman–Crippen LogP) is 2.86. The molecule has 1 aromatic rings. The zero-order chi connectivity index (χ0) is 14.5. The lowest BCUT2D eigenvalue weighted by Gasteiger charge is -2.38. The first-order valence-electron chi connectivity index (χ1n) is 7.47. The molecule has 0 aliphatic carbocycles. The van der Waals surface area contributed by atoms with Crippen LogP contribution < -0.4 is 11.1 Å². The summed E-state index contributed by atoms with van der Waals surface area (Å²) in [6.07, 6.45) is 4.31. The van der Waals surface area contributed by atoms with Gasteiger partial charge in [0, 0.05) is 36.4 Å². The number of likely N-dealkylation sites (tertiary alicyclic amines) is 1. The zero-order valence-corrected chi connectivity index (χ0v) is 12.4. The Balaban J connectivity index is 1.83. The number of nitrogens with two attached hydrogens (primary N) is 1. The SMILES string of the molecule is C[C@@H]1CCC[C@H](C)N1CCC(=O)Nc1cccc(N)c1. The van der Waals surface area contributed by atoms with Crippen molar-refractivity contribution in [1.29, 1.82) is 0 Å². The van der Waals surface area contributed by atoms with E-state index in [-0.39, 0.29) is 5.91 Å². The Hall–Kier alpha value is -1.55. The number of carbonyl (C=O) groups is 1. The number of anilines is 2. The van der Waals surface area contributed by atoms with Gasteiger partial charge in [-0.25, -0.2) is 0 Å². The molecular formula is C16H25N3O. The number of amides is 1. The molecule has 1 heterocycles. The minimum Gasteiger partial charge on any atom is -0.399 e. The fourth-order valence-electron chi connectivity index (χ4n) is 2.99. The van der Waals surface area contributed by atoms with Crippen LogP contribution in [0.5, 0.6) is 0 Å². The summed E-state index contributed by atoms with van der Waals surface area (Å²) < 4.78 is 0. The van der Waals surface area contributed by atoms with Crippen LogP contribution in [0, 0.1) is 0 Å². The van der Waals surface area contributed by atoms with Crippen LogP contribution in [0.15, 0.2) is 24.3 Å². The van der Waals surface area contributed by atoms with Crippen LogP contribution in [-0.2, 0) is 4.79 Å². The van der Waals surface area contributed by atoms with Crippen molar-refractivity contribution >= 4 is 17.3 Å². The summed E-state index contributed by atoms with van der Waals surface area (Å²) in [7, 11) is 0. The molecule has 2 atom stereocenters. The highest BCUT2D eigenvalue weighted by Gasteiger charge is 2.24. The molecule has 1 aliphatic heterocycles. The first kappa shape index (κ1) is 14.9. The quantitative estimate of drug-likeness (QED) is 0.831. The van der Waals surface area contributed by atoms with Crippen molar-refractivity contribution in [3.63, 3.8) is 0 Å². The second-order valence-corrected chi connectivity index (χ2v) is 5.79. The van der Waals surface area contributed by atoms with Gasteiger partial charge >= 0.3 is 0 Å². The van der Waals surface area contributed by atoms with Crippen LogP contribution in [0.4, 0.5) is 11.4 Å². The highest BCUT2D eigenvalue weighted by atomic mass is 16.1. The van der Waals surface area contributed by atoms with E-state index in [0.717, 1.165) is 12.2 Å². The standard InChI is InChI=1S/C16H25N3O/c1-12-5-3-6-13(2)19(12)10-9-16(20)18-15-8-4-7-14(17)11-15/h4,7-8,11-13H,3,5-6,9-10,17H2,1-2H3,(H,18,20)/t12-,13+. The minimum absolute atomic E-state index is 0.0561. The van der Waals surface area contributed by atoms with Crippen molar-refractivity contribution in [2.75, 3.05) is 17.6 Å². The van der Waals surface area contributed by atoms with Crippen molar-refractivity contribution in [2.45, 2.75) is 51.6 Å². The van der Waals surface area contributed by atoms with Crippen molar-refractivity contribution in [1.82, 2.24) is 4.90 Å². The van der Waals surface area contributed by atoms with Gasteiger partial charge < -0.3 is 11.1 Å². The third-order valence-electron chi connectivity index (χ3n) is 4.14. The fourth-order valence-corrected chi connectivity index (χ4v) is 2.99. The van der Waals surface area contributed by atoms with E-state index in [9.17, 15) is 4.79 Å². The van der Waals surface area contributed by atoms with Gasteiger partial charge in [0.15, 0.2) is 0 Å². The van der Waals surface area contributed by atoms with E-state index in [1.54, 1.807) is 6.07 Å². The number of nitrogens with one attached hydrogen (secondary N) is 1. The normalized spacial score (nSPS) is 23.5. The molecule has 0 radical (unpaired) electrons. The molecule has 4 heteroatoms. The molecule has 0 spiro atoms. The second-order valence-electron chi connectivity index (χ2n) is 5.79. The summed E-state index contributed by atoms with van der Waals surface area (Å²) in [6, 6.07) is 8.47. The summed E-state index contributed by atoms with van der Waals surface area (Å²) in [5.41, 5.74) is 7.14. The van der Waals surface area contributed by atoms with Gasteiger partial charge in [-0.05, 0) is 44.9 Å². The molecule has 1 amide bonds. The summed E-state index contributed by atoms with van der Waals surface area (Å²) >= 11 is 0. The lowest BCUT2D eigenvalue weighted by molar-refractivity contribution is -0.116. The second kappa shape index (κ2) is 6.75. The molecule has 0 bridgehead atoms. The molecule has 1 saturated heterocycles. The van der Waals surface area contributed by atoms with Gasteiger partial charge in [0.2, 0.25) is 5.91 Å². The molecule has 20 heavy (non-hydrogen) atoms. The molecule has 1 aliphatic rings. The van der Waals surface area contributed by atoms with Crippen LogP contribution in [0.25, 0.3) is 0 Å². The van der Waals surface area contributed by atoms with Gasteiger partial charge in [0.1, 0.15) is 0 Å². The smallest absolute Gasteiger partial charge is 0.225 e. The van der Waals surface area contributed by atoms with Gasteiger partial charge in [0.25, 0.3) is 0 Å².